The second-order valence-electron chi connectivity index (χ2n) is 7.96. The molecule has 0 radical (unpaired) electrons. The molecule has 3 aromatic rings. The van der Waals surface area contributed by atoms with Crippen molar-refractivity contribution >= 4 is 34.4 Å². The molecule has 2 aromatic carbocycles. The summed E-state index contributed by atoms with van der Waals surface area (Å²) in [6, 6.07) is 11.4. The van der Waals surface area contributed by atoms with E-state index in [4.69, 9.17) is 0 Å². The number of hydrogen-bond donors (Lipinski definition) is 5. The third-order valence-electron chi connectivity index (χ3n) is 5.46. The maximum absolute atomic E-state index is 13.1. The van der Waals surface area contributed by atoms with Gasteiger partial charge in [-0.2, -0.15) is 0 Å². The number of amidine groups is 1. The van der Waals surface area contributed by atoms with Crippen molar-refractivity contribution in [2.24, 2.45) is 4.99 Å². The highest BCUT2D eigenvalue weighted by molar-refractivity contribution is 8.15. The number of nitrogens with zero attached hydrogens (tertiary/aromatic N) is 1. The zero-order valence-corrected chi connectivity index (χ0v) is 19.8. The fraction of sp³-hybridized carbons (Fsp3) is 0.208. The Morgan fingerprint density at radius 1 is 1.11 bits per heavy atom. The second-order valence-corrected chi connectivity index (χ2v) is 9.15. The lowest BCUT2D eigenvalue weighted by Crippen LogP contribution is -2.29. The predicted octanol–water partition coefficient (Wildman–Crippen LogP) is 2.18. The summed E-state index contributed by atoms with van der Waals surface area (Å²) in [6.45, 7) is 1.99. The number of H-pyrrole nitrogens is 2. The van der Waals surface area contributed by atoms with E-state index in [-0.39, 0.29) is 17.2 Å². The SMILES string of the molecule is CCc1ccc([C@H](N=C2NC(=O)[C@H](CC(=O)Nc3ccc(F)cc3)S2)c2c(O)[nH]c(=O)[nH]c2=O)cc1. The molecule has 1 aromatic heterocycles. The van der Waals surface area contributed by atoms with Crippen LogP contribution in [0.25, 0.3) is 0 Å². The largest absolute Gasteiger partial charge is 0.494 e. The van der Waals surface area contributed by atoms with Gasteiger partial charge >= 0.3 is 5.69 Å². The van der Waals surface area contributed by atoms with Gasteiger partial charge in [-0.3, -0.25) is 24.4 Å². The smallest absolute Gasteiger partial charge is 0.328 e. The first-order valence-electron chi connectivity index (χ1n) is 11.0. The summed E-state index contributed by atoms with van der Waals surface area (Å²) in [5.41, 5.74) is 0.0839. The van der Waals surface area contributed by atoms with Gasteiger partial charge in [0.15, 0.2) is 5.17 Å². The number of nitrogens with one attached hydrogen (secondary N) is 4. The van der Waals surface area contributed by atoms with Crippen LogP contribution in [0.5, 0.6) is 5.88 Å². The lowest BCUT2D eigenvalue weighted by molar-refractivity contribution is -0.122. The van der Waals surface area contributed by atoms with Gasteiger partial charge in [0.2, 0.25) is 17.7 Å². The maximum Gasteiger partial charge on any atom is 0.328 e. The van der Waals surface area contributed by atoms with Crippen LogP contribution in [0, 0.1) is 5.82 Å². The normalized spacial score (nSPS) is 17.1. The molecule has 1 fully saturated rings. The molecule has 0 unspecified atom stereocenters. The fourth-order valence-corrected chi connectivity index (χ4v) is 4.61. The Labute approximate surface area is 208 Å². The Kier molecular flexibility index (Phi) is 7.34. The molecule has 0 saturated carbocycles. The van der Waals surface area contributed by atoms with Crippen LogP contribution in [0.1, 0.15) is 36.1 Å². The minimum absolute atomic E-state index is 0.147. The van der Waals surface area contributed by atoms with Gasteiger partial charge in [-0.1, -0.05) is 43.0 Å². The first-order chi connectivity index (χ1) is 17.2. The molecule has 4 rings (SSSR count). The van der Waals surface area contributed by atoms with Crippen LogP contribution in [0.3, 0.4) is 0 Å². The van der Waals surface area contributed by atoms with Crippen LogP contribution in [0.2, 0.25) is 0 Å². The van der Waals surface area contributed by atoms with Crippen molar-refractivity contribution in [1.29, 1.82) is 0 Å². The van der Waals surface area contributed by atoms with E-state index in [1.807, 2.05) is 19.1 Å². The molecule has 5 N–H and O–H groups in total. The first kappa shape index (κ1) is 24.9. The fourth-order valence-electron chi connectivity index (χ4n) is 3.61. The van der Waals surface area contributed by atoms with Crippen LogP contribution in [0.4, 0.5) is 10.1 Å². The Morgan fingerprint density at radius 3 is 2.44 bits per heavy atom. The molecule has 1 saturated heterocycles. The van der Waals surface area contributed by atoms with E-state index in [0.717, 1.165) is 23.7 Å². The monoisotopic (exact) mass is 511 g/mol. The molecule has 186 valence electrons. The average Bonchev–Trinajstić information content (AvgIpc) is 3.17. The number of thioether (sulfide) groups is 1. The molecule has 1 aliphatic rings. The van der Waals surface area contributed by atoms with E-state index in [1.54, 1.807) is 12.1 Å². The number of benzene rings is 2. The Hall–Kier alpha value is -4.19. The lowest BCUT2D eigenvalue weighted by Gasteiger charge is -2.15. The molecular weight excluding hydrogens is 489 g/mol. The number of halogens is 1. The van der Waals surface area contributed by atoms with Crippen LogP contribution in [-0.2, 0) is 16.0 Å². The highest BCUT2D eigenvalue weighted by Crippen LogP contribution is 2.32. The maximum atomic E-state index is 13.1. The summed E-state index contributed by atoms with van der Waals surface area (Å²) >= 11 is 1.00. The van der Waals surface area contributed by atoms with E-state index in [2.05, 4.69) is 25.6 Å². The van der Waals surface area contributed by atoms with E-state index in [9.17, 15) is 28.7 Å². The number of aromatic nitrogens is 2. The van der Waals surface area contributed by atoms with Crippen molar-refractivity contribution in [1.82, 2.24) is 15.3 Å². The molecule has 2 heterocycles. The van der Waals surface area contributed by atoms with Crippen LogP contribution in [0.15, 0.2) is 63.1 Å². The van der Waals surface area contributed by atoms with Gasteiger partial charge in [0.25, 0.3) is 5.56 Å². The number of aromatic hydroxyl groups is 1. The molecule has 0 bridgehead atoms. The number of aliphatic imine (C=N–C) groups is 1. The third-order valence-corrected chi connectivity index (χ3v) is 6.55. The zero-order chi connectivity index (χ0) is 25.8. The van der Waals surface area contributed by atoms with Crippen molar-refractivity contribution in [3.05, 3.63) is 91.9 Å². The van der Waals surface area contributed by atoms with E-state index in [0.29, 0.717) is 11.3 Å². The van der Waals surface area contributed by atoms with Gasteiger partial charge in [-0.05, 0) is 41.8 Å². The summed E-state index contributed by atoms with van der Waals surface area (Å²) in [5.74, 6) is -1.97. The van der Waals surface area contributed by atoms with Crippen molar-refractivity contribution < 1.29 is 19.1 Å². The Morgan fingerprint density at radius 2 is 1.81 bits per heavy atom. The van der Waals surface area contributed by atoms with Crippen molar-refractivity contribution in [3.63, 3.8) is 0 Å². The Bertz CT molecular complexity index is 1430. The topological polar surface area (TPSA) is 157 Å². The summed E-state index contributed by atoms with van der Waals surface area (Å²) < 4.78 is 13.1. The molecule has 2 amide bonds. The molecular formula is C24H22FN5O5S. The van der Waals surface area contributed by atoms with Gasteiger partial charge in [-0.15, -0.1) is 0 Å². The summed E-state index contributed by atoms with van der Waals surface area (Å²) in [7, 11) is 0. The minimum atomic E-state index is -1.05. The molecule has 0 aliphatic carbocycles. The highest BCUT2D eigenvalue weighted by atomic mass is 32.2. The summed E-state index contributed by atoms with van der Waals surface area (Å²) in [4.78, 5) is 57.8. The molecule has 0 spiro atoms. The highest BCUT2D eigenvalue weighted by Gasteiger charge is 2.33. The number of aromatic amines is 2. The molecule has 1 aliphatic heterocycles. The number of anilines is 1. The van der Waals surface area contributed by atoms with Gasteiger partial charge in [0, 0.05) is 12.1 Å². The quantitative estimate of drug-likeness (QED) is 0.327. The van der Waals surface area contributed by atoms with Gasteiger partial charge < -0.3 is 15.7 Å². The zero-order valence-electron chi connectivity index (χ0n) is 19.0. The number of rotatable bonds is 7. The summed E-state index contributed by atoms with van der Waals surface area (Å²) in [6.07, 6.45) is 0.616. The minimum Gasteiger partial charge on any atom is -0.494 e. The molecule has 10 nitrogen and oxygen atoms in total. The standard InChI is InChI=1S/C24H22FN5O5S/c1-2-12-3-5-13(6-4-12)19(18-21(33)28-23(35)29-22(18)34)27-24-30-20(32)16(36-24)11-17(31)26-15-9-7-14(25)8-10-15/h3-10,16,19H,2,11H2,1H3,(H,26,31)(H,27,30,32)(H3,28,29,33,34,35)/t16-,19-/m0/s1. The number of hydrogen-bond acceptors (Lipinski definition) is 7. The average molecular weight is 512 g/mol. The molecule has 36 heavy (non-hydrogen) atoms. The predicted molar refractivity (Wildman–Crippen MR) is 134 cm³/mol. The lowest BCUT2D eigenvalue weighted by atomic mass is 9.99. The first-order valence-corrected chi connectivity index (χ1v) is 11.9. The number of carbonyl (C=O) groups is 2. The molecule has 12 heteroatoms. The summed E-state index contributed by atoms with van der Waals surface area (Å²) in [5, 5.41) is 14.9. The van der Waals surface area contributed by atoms with Crippen molar-refractivity contribution in [3.8, 4) is 5.88 Å². The number of carbonyl (C=O) groups excluding carboxylic acids is 2. The third kappa shape index (κ3) is 5.71. The van der Waals surface area contributed by atoms with Crippen LogP contribution < -0.4 is 21.9 Å². The second kappa shape index (κ2) is 10.6. The molecule has 2 atom stereocenters. The van der Waals surface area contributed by atoms with Gasteiger partial charge in [0.1, 0.15) is 22.7 Å². The number of amides is 2. The van der Waals surface area contributed by atoms with Gasteiger partial charge in [-0.25, -0.2) is 14.2 Å². The van der Waals surface area contributed by atoms with Crippen LogP contribution >= 0.6 is 11.8 Å². The van der Waals surface area contributed by atoms with Gasteiger partial charge in [0.05, 0.1) is 0 Å². The van der Waals surface area contributed by atoms with E-state index >= 15 is 0 Å². The Balaban J connectivity index is 1.59. The van der Waals surface area contributed by atoms with Crippen molar-refractivity contribution in [2.45, 2.75) is 31.1 Å². The van der Waals surface area contributed by atoms with Crippen molar-refractivity contribution in [2.75, 3.05) is 5.32 Å². The van der Waals surface area contributed by atoms with E-state index < -0.39 is 46.1 Å². The van der Waals surface area contributed by atoms with E-state index in [1.165, 1.54) is 24.3 Å². The van der Waals surface area contributed by atoms with Crippen LogP contribution in [-0.4, -0.2) is 37.3 Å². The number of aryl methyl sites for hydroxylation is 1.